The van der Waals surface area contributed by atoms with Gasteiger partial charge in [0.15, 0.2) is 0 Å². The average Bonchev–Trinajstić information content (AvgIpc) is 2.97. The first-order chi connectivity index (χ1) is 15.9. The van der Waals surface area contributed by atoms with Gasteiger partial charge in [0.2, 0.25) is 0 Å². The van der Waals surface area contributed by atoms with Crippen LogP contribution in [0.25, 0.3) is 6.08 Å². The van der Waals surface area contributed by atoms with E-state index in [1.54, 1.807) is 16.6 Å². The largest absolute Gasteiger partial charge is 0.385 e. The summed E-state index contributed by atoms with van der Waals surface area (Å²) < 4.78 is 7.37. The lowest BCUT2D eigenvalue weighted by molar-refractivity contribution is -0.122. The van der Waals surface area contributed by atoms with Crippen LogP contribution in [0.2, 0.25) is 0 Å². The smallest absolute Gasteiger partial charge is 0.270 e. The second-order valence-electron chi connectivity index (χ2n) is 8.39. The molecule has 33 heavy (non-hydrogen) atoms. The van der Waals surface area contributed by atoms with Gasteiger partial charge in [0.05, 0.1) is 4.91 Å². The van der Waals surface area contributed by atoms with Gasteiger partial charge in [-0.2, -0.15) is 5.26 Å². The predicted octanol–water partition coefficient (Wildman–Crippen LogP) is 4.06. The zero-order valence-corrected chi connectivity index (χ0v) is 21.3. The van der Waals surface area contributed by atoms with E-state index in [0.29, 0.717) is 40.9 Å². The molecule has 3 rings (SSSR count). The van der Waals surface area contributed by atoms with E-state index >= 15 is 0 Å². The van der Waals surface area contributed by atoms with E-state index < -0.39 is 0 Å². The van der Waals surface area contributed by atoms with Gasteiger partial charge in [0.25, 0.3) is 11.5 Å². The molecule has 0 atom stereocenters. The number of methoxy groups -OCH3 is 1. The molecule has 9 heteroatoms. The normalized spacial score (nSPS) is 18.2. The van der Waals surface area contributed by atoms with E-state index in [1.807, 2.05) is 19.9 Å². The van der Waals surface area contributed by atoms with Gasteiger partial charge in [-0.1, -0.05) is 43.7 Å². The number of pyridine rings is 1. The highest BCUT2D eigenvalue weighted by Crippen LogP contribution is 2.36. The number of carbonyl (C=O) groups excluding carboxylic acids is 1. The summed E-state index contributed by atoms with van der Waals surface area (Å²) in [7, 11) is 1.63. The van der Waals surface area contributed by atoms with Crippen molar-refractivity contribution in [3.63, 3.8) is 0 Å². The third-order valence-electron chi connectivity index (χ3n) is 6.08. The van der Waals surface area contributed by atoms with Gasteiger partial charge in [0, 0.05) is 45.5 Å². The second-order valence-corrected chi connectivity index (χ2v) is 10.1. The van der Waals surface area contributed by atoms with E-state index in [4.69, 9.17) is 17.0 Å². The zero-order valence-electron chi connectivity index (χ0n) is 19.7. The summed E-state index contributed by atoms with van der Waals surface area (Å²) in [6.07, 6.45) is 7.76. The van der Waals surface area contributed by atoms with Crippen molar-refractivity contribution in [3.05, 3.63) is 31.9 Å². The van der Waals surface area contributed by atoms with Gasteiger partial charge in [-0.05, 0) is 44.2 Å². The summed E-state index contributed by atoms with van der Waals surface area (Å²) in [5, 5.41) is 9.77. The molecule has 0 radical (unpaired) electrons. The molecule has 2 aliphatic rings. The van der Waals surface area contributed by atoms with Crippen molar-refractivity contribution in [2.75, 3.05) is 38.3 Å². The molecule has 1 aromatic heterocycles. The summed E-state index contributed by atoms with van der Waals surface area (Å²) >= 11 is 6.75. The maximum absolute atomic E-state index is 13.2. The monoisotopic (exact) mass is 488 g/mol. The molecule has 0 aromatic carbocycles. The van der Waals surface area contributed by atoms with E-state index in [9.17, 15) is 14.9 Å². The number of anilines is 1. The van der Waals surface area contributed by atoms with Crippen LogP contribution in [0, 0.1) is 18.3 Å². The van der Waals surface area contributed by atoms with Crippen molar-refractivity contribution in [1.29, 1.82) is 5.26 Å². The molecule has 0 spiro atoms. The first-order valence-corrected chi connectivity index (χ1v) is 12.8. The predicted molar refractivity (Wildman–Crippen MR) is 137 cm³/mol. The fourth-order valence-corrected chi connectivity index (χ4v) is 5.68. The third-order valence-corrected chi connectivity index (χ3v) is 7.46. The van der Waals surface area contributed by atoms with Gasteiger partial charge < -0.3 is 9.64 Å². The van der Waals surface area contributed by atoms with E-state index in [1.165, 1.54) is 24.6 Å². The van der Waals surface area contributed by atoms with Crippen molar-refractivity contribution in [2.24, 2.45) is 0 Å². The minimum absolute atomic E-state index is 0.130. The highest BCUT2D eigenvalue weighted by molar-refractivity contribution is 8.26. The number of ether oxygens (including phenoxy) is 1. The van der Waals surface area contributed by atoms with Crippen LogP contribution in [-0.4, -0.2) is 53.0 Å². The van der Waals surface area contributed by atoms with Crippen LogP contribution in [0.4, 0.5) is 5.82 Å². The molecule has 0 N–H and O–H groups in total. The molecule has 178 valence electrons. The minimum Gasteiger partial charge on any atom is -0.385 e. The molecule has 1 amide bonds. The van der Waals surface area contributed by atoms with E-state index in [2.05, 4.69) is 11.0 Å². The fraction of sp³-hybridized carbons (Fsp3) is 0.583. The zero-order chi connectivity index (χ0) is 24.0. The highest BCUT2D eigenvalue weighted by atomic mass is 32.2. The maximum Gasteiger partial charge on any atom is 0.270 e. The van der Waals surface area contributed by atoms with Crippen LogP contribution in [0.1, 0.15) is 62.1 Å². The quantitative estimate of drug-likeness (QED) is 0.310. The molecular weight excluding hydrogens is 456 g/mol. The summed E-state index contributed by atoms with van der Waals surface area (Å²) in [4.78, 5) is 30.8. The van der Waals surface area contributed by atoms with Gasteiger partial charge >= 0.3 is 0 Å². The van der Waals surface area contributed by atoms with Gasteiger partial charge in [-0.25, -0.2) is 0 Å². The second kappa shape index (κ2) is 11.8. The lowest BCUT2D eigenvalue weighted by Gasteiger charge is -2.29. The number of aromatic nitrogens is 1. The average molecular weight is 489 g/mol. The number of carbonyl (C=O) groups is 1. The van der Waals surface area contributed by atoms with Crippen LogP contribution >= 0.6 is 24.0 Å². The Morgan fingerprint density at radius 1 is 1.18 bits per heavy atom. The highest BCUT2D eigenvalue weighted by Gasteiger charge is 2.33. The topological polar surface area (TPSA) is 78.6 Å². The molecule has 2 fully saturated rings. The number of hydrogen-bond donors (Lipinski definition) is 0. The standard InChI is InChI=1S/C24H32N4O3S2/c1-4-10-27-21(26-11-7-5-6-8-12-26)18(17(2)19(16-25)22(27)29)15-20-23(30)28(24(32)33-20)13-9-14-31-3/h15H,4-14H2,1-3H3. The van der Waals surface area contributed by atoms with Crippen molar-refractivity contribution in [2.45, 2.75) is 58.9 Å². The Bertz CT molecular complexity index is 1030. The molecule has 2 saturated heterocycles. The molecule has 0 bridgehead atoms. The molecule has 7 nitrogen and oxygen atoms in total. The van der Waals surface area contributed by atoms with Gasteiger partial charge in [-0.3, -0.25) is 19.1 Å². The SMILES string of the molecule is CCCn1c(N2CCCCCC2)c(C=C2SC(=S)N(CCCOC)C2=O)c(C)c(C#N)c1=O. The number of thioether (sulfide) groups is 1. The van der Waals surface area contributed by atoms with Crippen LogP contribution in [0.15, 0.2) is 9.70 Å². The van der Waals surface area contributed by atoms with Crippen molar-refractivity contribution in [1.82, 2.24) is 9.47 Å². The Hall–Kier alpha value is -2.15. The summed E-state index contributed by atoms with van der Waals surface area (Å²) in [6, 6.07) is 2.11. The number of nitriles is 1. The molecule has 3 heterocycles. The van der Waals surface area contributed by atoms with Crippen LogP contribution in [0.3, 0.4) is 0 Å². The maximum atomic E-state index is 13.2. The molecule has 0 saturated carbocycles. The first kappa shape index (κ1) is 25.5. The van der Waals surface area contributed by atoms with Crippen molar-refractivity contribution < 1.29 is 9.53 Å². The first-order valence-electron chi connectivity index (χ1n) is 11.6. The Morgan fingerprint density at radius 2 is 1.88 bits per heavy atom. The Kier molecular flexibility index (Phi) is 9.12. The summed E-state index contributed by atoms with van der Waals surface area (Å²) in [5.41, 5.74) is 1.29. The van der Waals surface area contributed by atoms with Crippen LogP contribution in [-0.2, 0) is 16.1 Å². The number of hydrogen-bond acceptors (Lipinski definition) is 7. The Morgan fingerprint density at radius 3 is 2.48 bits per heavy atom. The fourth-order valence-electron chi connectivity index (χ4n) is 4.39. The summed E-state index contributed by atoms with van der Waals surface area (Å²) in [6.45, 7) is 7.13. The van der Waals surface area contributed by atoms with Gasteiger partial charge in [0.1, 0.15) is 21.8 Å². The Balaban J connectivity index is 2.14. The van der Waals surface area contributed by atoms with Gasteiger partial charge in [-0.15, -0.1) is 0 Å². The lowest BCUT2D eigenvalue weighted by atomic mass is 10.0. The van der Waals surface area contributed by atoms with Crippen molar-refractivity contribution in [3.8, 4) is 6.07 Å². The molecule has 0 aliphatic carbocycles. The van der Waals surface area contributed by atoms with E-state index in [0.717, 1.165) is 43.7 Å². The third kappa shape index (κ3) is 5.51. The number of rotatable bonds is 8. The van der Waals surface area contributed by atoms with Crippen LogP contribution in [0.5, 0.6) is 0 Å². The molecule has 1 aromatic rings. The molecular formula is C24H32N4O3S2. The molecule has 0 unspecified atom stereocenters. The Labute approximate surface area is 205 Å². The van der Waals surface area contributed by atoms with E-state index in [-0.39, 0.29) is 17.0 Å². The minimum atomic E-state index is -0.250. The summed E-state index contributed by atoms with van der Waals surface area (Å²) in [5.74, 6) is 0.693. The lowest BCUT2D eigenvalue weighted by Crippen LogP contribution is -2.35. The number of thiocarbonyl (C=S) groups is 1. The van der Waals surface area contributed by atoms with Crippen molar-refractivity contribution >= 4 is 46.1 Å². The van der Waals surface area contributed by atoms with Crippen LogP contribution < -0.4 is 10.5 Å². The number of amides is 1. The molecule has 2 aliphatic heterocycles. The number of nitrogens with zero attached hydrogens (tertiary/aromatic N) is 4.